The van der Waals surface area contributed by atoms with Crippen molar-refractivity contribution in [3.05, 3.63) is 43.8 Å². The normalized spacial score (nSPS) is 9.61. The molecule has 0 heterocycles. The largest absolute Gasteiger partial charge is 0.379 e. The number of hydrogen-bond acceptors (Lipinski definition) is 3. The van der Waals surface area contributed by atoms with Crippen LogP contribution in [0.1, 0.15) is 10.4 Å². The van der Waals surface area contributed by atoms with Crippen molar-refractivity contribution >= 4 is 28.5 Å². The second kappa shape index (κ2) is 8.73. The van der Waals surface area contributed by atoms with E-state index in [-0.39, 0.29) is 5.91 Å². The highest BCUT2D eigenvalue weighted by Gasteiger charge is 2.03. The van der Waals surface area contributed by atoms with Gasteiger partial charge in [0.05, 0.1) is 13.2 Å². The first-order chi connectivity index (χ1) is 8.74. The van der Waals surface area contributed by atoms with Gasteiger partial charge in [0.25, 0.3) is 5.91 Å². The third-order valence-corrected chi connectivity index (χ3v) is 2.76. The summed E-state index contributed by atoms with van der Waals surface area (Å²) in [6.45, 7) is 1.50. The van der Waals surface area contributed by atoms with Gasteiger partial charge in [0, 0.05) is 27.1 Å². The van der Waals surface area contributed by atoms with Gasteiger partial charge in [-0.3, -0.25) is 4.79 Å². The van der Waals surface area contributed by atoms with Crippen molar-refractivity contribution in [1.82, 2.24) is 5.32 Å². The molecule has 1 rings (SSSR count). The van der Waals surface area contributed by atoms with Gasteiger partial charge in [-0.2, -0.15) is 0 Å². The average Bonchev–Trinajstić information content (AvgIpc) is 2.38. The first kappa shape index (κ1) is 14.7. The SMILES string of the molecule is [N-]=[N+]=NCCOCCNC(=O)c1ccc([125I])cc1. The standard InChI is InChI=1S/C11H13IN4O2/c12-10-3-1-9(2-4-10)11(17)14-5-7-18-8-6-15-16-13/h1-4H,5-8H2,(H,14,17)/i12-2. The monoisotopic (exact) mass is 358 g/mol. The highest BCUT2D eigenvalue weighted by atomic mass is 125. The van der Waals surface area contributed by atoms with E-state index in [1.54, 1.807) is 12.1 Å². The zero-order valence-electron chi connectivity index (χ0n) is 9.67. The molecule has 6 nitrogen and oxygen atoms in total. The molecule has 7 heteroatoms. The van der Waals surface area contributed by atoms with Crippen molar-refractivity contribution in [3.8, 4) is 0 Å². The van der Waals surface area contributed by atoms with Crippen molar-refractivity contribution in [2.24, 2.45) is 5.11 Å². The average molecular weight is 358 g/mol. The first-order valence-electron chi connectivity index (χ1n) is 5.36. The molecule has 0 spiro atoms. The van der Waals surface area contributed by atoms with Gasteiger partial charge in [0.15, 0.2) is 0 Å². The topological polar surface area (TPSA) is 87.1 Å². The lowest BCUT2D eigenvalue weighted by Gasteiger charge is -2.05. The summed E-state index contributed by atoms with van der Waals surface area (Å²) in [7, 11) is 0. The number of hydrogen-bond donors (Lipinski definition) is 1. The van der Waals surface area contributed by atoms with E-state index in [9.17, 15) is 4.79 Å². The van der Waals surface area contributed by atoms with E-state index in [1.165, 1.54) is 0 Å². The van der Waals surface area contributed by atoms with Gasteiger partial charge < -0.3 is 10.1 Å². The maximum atomic E-state index is 11.7. The number of carbonyl (C=O) groups excluding carboxylic acids is 1. The number of azide groups is 1. The van der Waals surface area contributed by atoms with Gasteiger partial charge in [0.1, 0.15) is 0 Å². The van der Waals surface area contributed by atoms with Crippen LogP contribution >= 0.6 is 22.6 Å². The second-order valence-corrected chi connectivity index (χ2v) is 4.58. The number of carbonyl (C=O) groups is 1. The molecule has 1 N–H and O–H groups in total. The third-order valence-electron chi connectivity index (χ3n) is 2.04. The fourth-order valence-corrected chi connectivity index (χ4v) is 1.55. The lowest BCUT2D eigenvalue weighted by Crippen LogP contribution is -2.27. The van der Waals surface area contributed by atoms with E-state index in [0.717, 1.165) is 3.57 Å². The minimum absolute atomic E-state index is 0.120. The third kappa shape index (κ3) is 5.85. The summed E-state index contributed by atoms with van der Waals surface area (Å²) < 4.78 is 6.25. The minimum atomic E-state index is -0.120. The van der Waals surface area contributed by atoms with Crippen LogP contribution < -0.4 is 5.32 Å². The molecule has 0 aliphatic rings. The van der Waals surface area contributed by atoms with Crippen LogP contribution in [0.25, 0.3) is 10.4 Å². The van der Waals surface area contributed by atoms with Crippen molar-refractivity contribution < 1.29 is 9.53 Å². The Kier molecular flexibility index (Phi) is 7.16. The molecule has 0 radical (unpaired) electrons. The molecule has 96 valence electrons. The van der Waals surface area contributed by atoms with Crippen LogP contribution in [0.5, 0.6) is 0 Å². The fourth-order valence-electron chi connectivity index (χ4n) is 1.19. The summed E-state index contributed by atoms with van der Waals surface area (Å²) in [6, 6.07) is 7.32. The number of benzene rings is 1. The van der Waals surface area contributed by atoms with Crippen LogP contribution in [0.2, 0.25) is 0 Å². The molecule has 0 saturated carbocycles. The molecule has 0 saturated heterocycles. The number of amides is 1. The summed E-state index contributed by atoms with van der Waals surface area (Å²) in [6.07, 6.45) is 0. The highest BCUT2D eigenvalue weighted by molar-refractivity contribution is 14.1. The van der Waals surface area contributed by atoms with Gasteiger partial charge in [-0.15, -0.1) is 0 Å². The van der Waals surface area contributed by atoms with Crippen LogP contribution in [0.15, 0.2) is 29.4 Å². The Morgan fingerprint density at radius 1 is 1.39 bits per heavy atom. The van der Waals surface area contributed by atoms with Crippen LogP contribution in [0.4, 0.5) is 0 Å². The summed E-state index contributed by atoms with van der Waals surface area (Å²) in [5.74, 6) is -0.120. The Labute approximate surface area is 118 Å². The Morgan fingerprint density at radius 3 is 2.78 bits per heavy atom. The van der Waals surface area contributed by atoms with Gasteiger partial charge in [-0.05, 0) is 52.4 Å². The molecular formula is C11H13IN4O2. The molecule has 0 bridgehead atoms. The van der Waals surface area contributed by atoms with Crippen LogP contribution in [0, 0.1) is 3.57 Å². The smallest absolute Gasteiger partial charge is 0.251 e. The number of nitrogens with zero attached hydrogens (tertiary/aromatic N) is 3. The maximum Gasteiger partial charge on any atom is 0.251 e. The molecular weight excluding hydrogens is 345 g/mol. The van der Waals surface area contributed by atoms with Crippen molar-refractivity contribution in [2.45, 2.75) is 0 Å². The Morgan fingerprint density at radius 2 is 2.11 bits per heavy atom. The summed E-state index contributed by atoms with van der Waals surface area (Å²) in [5, 5.41) is 6.07. The molecule has 18 heavy (non-hydrogen) atoms. The van der Waals surface area contributed by atoms with E-state index in [0.29, 0.717) is 31.9 Å². The molecule has 0 aliphatic heterocycles. The van der Waals surface area contributed by atoms with E-state index >= 15 is 0 Å². The molecule has 0 fully saturated rings. The lowest BCUT2D eigenvalue weighted by atomic mass is 10.2. The fraction of sp³-hybridized carbons (Fsp3) is 0.364. The van der Waals surface area contributed by atoms with E-state index in [2.05, 4.69) is 37.9 Å². The van der Waals surface area contributed by atoms with Crippen LogP contribution in [-0.2, 0) is 4.74 Å². The zero-order chi connectivity index (χ0) is 13.2. The predicted octanol–water partition coefficient (Wildman–Crippen LogP) is 2.35. The number of halogens is 1. The number of ether oxygens (including phenoxy) is 1. The maximum absolute atomic E-state index is 11.7. The number of rotatable bonds is 7. The van der Waals surface area contributed by atoms with Crippen molar-refractivity contribution in [2.75, 3.05) is 26.3 Å². The van der Waals surface area contributed by atoms with Gasteiger partial charge in [0.2, 0.25) is 0 Å². The van der Waals surface area contributed by atoms with Crippen LogP contribution in [-0.4, -0.2) is 32.2 Å². The van der Waals surface area contributed by atoms with Gasteiger partial charge in [-0.25, -0.2) is 0 Å². The predicted molar refractivity (Wildman–Crippen MR) is 76.3 cm³/mol. The summed E-state index contributed by atoms with van der Waals surface area (Å²) in [4.78, 5) is 14.3. The summed E-state index contributed by atoms with van der Waals surface area (Å²) >= 11 is 2.18. The van der Waals surface area contributed by atoms with Gasteiger partial charge >= 0.3 is 0 Å². The molecule has 0 aliphatic carbocycles. The zero-order valence-corrected chi connectivity index (χ0v) is 11.8. The van der Waals surface area contributed by atoms with Gasteiger partial charge in [-0.1, -0.05) is 5.11 Å². The lowest BCUT2D eigenvalue weighted by molar-refractivity contribution is 0.0920. The second-order valence-electron chi connectivity index (χ2n) is 3.33. The molecule has 0 aromatic heterocycles. The molecule has 1 amide bonds. The minimum Gasteiger partial charge on any atom is -0.379 e. The van der Waals surface area contributed by atoms with Crippen LogP contribution in [0.3, 0.4) is 0 Å². The van der Waals surface area contributed by atoms with E-state index in [4.69, 9.17) is 10.3 Å². The molecule has 1 aromatic carbocycles. The Balaban J connectivity index is 2.17. The Hall–Kier alpha value is -1.31. The summed E-state index contributed by atoms with van der Waals surface area (Å²) in [5.41, 5.74) is 8.66. The number of nitrogens with one attached hydrogen (secondary N) is 1. The first-order valence-corrected chi connectivity index (χ1v) is 6.44. The van der Waals surface area contributed by atoms with E-state index < -0.39 is 0 Å². The highest BCUT2D eigenvalue weighted by Crippen LogP contribution is 2.06. The molecule has 1 aromatic rings. The quantitative estimate of drug-likeness (QED) is 0.267. The van der Waals surface area contributed by atoms with E-state index in [1.807, 2.05) is 12.1 Å². The molecule has 0 unspecified atom stereocenters. The van der Waals surface area contributed by atoms with Crippen molar-refractivity contribution in [1.29, 1.82) is 0 Å². The molecule has 0 atom stereocenters. The Bertz CT molecular complexity index is 429. The van der Waals surface area contributed by atoms with Crippen molar-refractivity contribution in [3.63, 3.8) is 0 Å².